The maximum Gasteiger partial charge on any atom is 0.234 e. The topological polar surface area (TPSA) is 47.6 Å². The van der Waals surface area contributed by atoms with Gasteiger partial charge in [-0.1, -0.05) is 17.7 Å². The molecule has 0 aromatic heterocycles. The lowest BCUT2D eigenvalue weighted by atomic mass is 10.2. The maximum absolute atomic E-state index is 13.7. The molecule has 0 aliphatic carbocycles. The number of ether oxygens (including phenoxy) is 2. The van der Waals surface area contributed by atoms with Gasteiger partial charge < -0.3 is 14.8 Å². The van der Waals surface area contributed by atoms with Crippen molar-refractivity contribution in [2.75, 3.05) is 25.3 Å². The Morgan fingerprint density at radius 3 is 2.62 bits per heavy atom. The van der Waals surface area contributed by atoms with E-state index in [0.29, 0.717) is 33.5 Å². The van der Waals surface area contributed by atoms with Gasteiger partial charge in [0.05, 0.1) is 20.0 Å². The Morgan fingerprint density at radius 2 is 1.96 bits per heavy atom. The van der Waals surface area contributed by atoms with E-state index in [1.807, 2.05) is 0 Å². The second kappa shape index (κ2) is 8.80. The number of carbonyl (C=O) groups excluding carboxylic acids is 1. The van der Waals surface area contributed by atoms with Gasteiger partial charge in [-0.2, -0.15) is 0 Å². The van der Waals surface area contributed by atoms with Gasteiger partial charge in [0.1, 0.15) is 5.82 Å². The fourth-order valence-electron chi connectivity index (χ4n) is 2.03. The van der Waals surface area contributed by atoms with E-state index in [1.54, 1.807) is 37.4 Å². The number of benzene rings is 2. The molecule has 0 radical (unpaired) electrons. The summed E-state index contributed by atoms with van der Waals surface area (Å²) in [6.45, 7) is 0. The number of anilines is 1. The van der Waals surface area contributed by atoms with Crippen molar-refractivity contribution in [2.45, 2.75) is 5.75 Å². The van der Waals surface area contributed by atoms with Gasteiger partial charge in [-0.05, 0) is 24.3 Å². The zero-order valence-corrected chi connectivity index (χ0v) is 14.8. The number of rotatable bonds is 7. The highest BCUT2D eigenvalue weighted by Gasteiger charge is 2.10. The predicted molar refractivity (Wildman–Crippen MR) is 95.7 cm³/mol. The Kier molecular flexibility index (Phi) is 6.75. The Bertz CT molecular complexity index is 707. The van der Waals surface area contributed by atoms with E-state index >= 15 is 0 Å². The first-order valence-corrected chi connectivity index (χ1v) is 8.61. The normalized spacial score (nSPS) is 10.3. The summed E-state index contributed by atoms with van der Waals surface area (Å²) in [4.78, 5) is 12.0. The number of amides is 1. The van der Waals surface area contributed by atoms with Crippen LogP contribution in [0.1, 0.15) is 5.56 Å². The van der Waals surface area contributed by atoms with Crippen LogP contribution in [0.4, 0.5) is 10.1 Å². The van der Waals surface area contributed by atoms with Crippen molar-refractivity contribution in [3.63, 3.8) is 0 Å². The van der Waals surface area contributed by atoms with E-state index in [2.05, 4.69) is 5.32 Å². The maximum atomic E-state index is 13.7. The van der Waals surface area contributed by atoms with Gasteiger partial charge in [-0.3, -0.25) is 4.79 Å². The molecule has 2 rings (SSSR count). The Labute approximate surface area is 149 Å². The number of methoxy groups -OCH3 is 2. The molecule has 2 aromatic carbocycles. The summed E-state index contributed by atoms with van der Waals surface area (Å²) in [7, 11) is 3.07. The van der Waals surface area contributed by atoms with Gasteiger partial charge in [0, 0.05) is 28.1 Å². The molecule has 0 saturated carbocycles. The van der Waals surface area contributed by atoms with Crippen LogP contribution in [0, 0.1) is 5.82 Å². The third-order valence-corrected chi connectivity index (χ3v) is 4.52. The molecule has 0 atom stereocenters. The van der Waals surface area contributed by atoms with Crippen molar-refractivity contribution >= 4 is 35.0 Å². The molecule has 4 nitrogen and oxygen atoms in total. The lowest BCUT2D eigenvalue weighted by Crippen LogP contribution is -2.14. The lowest BCUT2D eigenvalue weighted by Gasteiger charge is -2.10. The fraction of sp³-hybridized carbons (Fsp3) is 0.235. The molecule has 1 N–H and O–H groups in total. The van der Waals surface area contributed by atoms with Crippen molar-refractivity contribution in [3.8, 4) is 11.5 Å². The molecule has 0 spiro atoms. The highest BCUT2D eigenvalue weighted by Crippen LogP contribution is 2.30. The molecule has 0 fully saturated rings. The first kappa shape index (κ1) is 18.4. The SMILES string of the molecule is COc1ccc(NC(=O)CSCc2c(F)cccc2Cl)cc1OC. The van der Waals surface area contributed by atoms with E-state index in [0.717, 1.165) is 0 Å². The van der Waals surface area contributed by atoms with Crippen LogP contribution in [-0.2, 0) is 10.5 Å². The summed E-state index contributed by atoms with van der Waals surface area (Å²) in [6.07, 6.45) is 0. The highest BCUT2D eigenvalue weighted by molar-refractivity contribution is 7.99. The van der Waals surface area contributed by atoms with Gasteiger partial charge in [-0.15, -0.1) is 11.8 Å². The Hall–Kier alpha value is -1.92. The van der Waals surface area contributed by atoms with Crippen LogP contribution in [-0.4, -0.2) is 25.9 Å². The van der Waals surface area contributed by atoms with E-state index in [1.165, 1.54) is 24.9 Å². The summed E-state index contributed by atoms with van der Waals surface area (Å²) in [5, 5.41) is 3.13. The van der Waals surface area contributed by atoms with Crippen molar-refractivity contribution < 1.29 is 18.7 Å². The van der Waals surface area contributed by atoms with Crippen molar-refractivity contribution in [1.29, 1.82) is 0 Å². The van der Waals surface area contributed by atoms with Crippen LogP contribution in [0.25, 0.3) is 0 Å². The van der Waals surface area contributed by atoms with Crippen molar-refractivity contribution in [3.05, 3.63) is 52.8 Å². The molecule has 1 amide bonds. The molecule has 0 heterocycles. The van der Waals surface area contributed by atoms with Crippen LogP contribution in [0.5, 0.6) is 11.5 Å². The van der Waals surface area contributed by atoms with E-state index in [9.17, 15) is 9.18 Å². The molecule has 2 aromatic rings. The Morgan fingerprint density at radius 1 is 1.21 bits per heavy atom. The van der Waals surface area contributed by atoms with Gasteiger partial charge in [0.15, 0.2) is 11.5 Å². The van der Waals surface area contributed by atoms with Crippen LogP contribution in [0.3, 0.4) is 0 Å². The minimum absolute atomic E-state index is 0.180. The van der Waals surface area contributed by atoms with Gasteiger partial charge >= 0.3 is 0 Å². The molecule has 24 heavy (non-hydrogen) atoms. The molecule has 0 bridgehead atoms. The standard InChI is InChI=1S/C17H17ClFNO3S/c1-22-15-7-6-11(8-16(15)23-2)20-17(21)10-24-9-12-13(18)4-3-5-14(12)19/h3-8H,9-10H2,1-2H3,(H,20,21). The number of nitrogens with one attached hydrogen (secondary N) is 1. The minimum Gasteiger partial charge on any atom is -0.493 e. The molecular weight excluding hydrogens is 353 g/mol. The first-order valence-electron chi connectivity index (χ1n) is 7.07. The van der Waals surface area contributed by atoms with Crippen LogP contribution >= 0.6 is 23.4 Å². The first-order chi connectivity index (χ1) is 11.5. The third-order valence-electron chi connectivity index (χ3n) is 3.21. The molecular formula is C17H17ClFNO3S. The van der Waals surface area contributed by atoms with Crippen molar-refractivity contribution in [1.82, 2.24) is 0 Å². The van der Waals surface area contributed by atoms with Crippen molar-refractivity contribution in [2.24, 2.45) is 0 Å². The second-order valence-electron chi connectivity index (χ2n) is 4.81. The van der Waals surface area contributed by atoms with E-state index in [-0.39, 0.29) is 17.5 Å². The average molecular weight is 370 g/mol. The molecule has 0 aliphatic rings. The molecule has 0 aliphatic heterocycles. The van der Waals surface area contributed by atoms with Crippen LogP contribution in [0.2, 0.25) is 5.02 Å². The second-order valence-corrected chi connectivity index (χ2v) is 6.20. The predicted octanol–water partition coefficient (Wildman–Crippen LogP) is 4.37. The largest absolute Gasteiger partial charge is 0.493 e. The van der Waals surface area contributed by atoms with Gasteiger partial charge in [-0.25, -0.2) is 4.39 Å². The Balaban J connectivity index is 1.90. The average Bonchev–Trinajstić information content (AvgIpc) is 2.57. The fourth-order valence-corrected chi connectivity index (χ4v) is 3.19. The zero-order chi connectivity index (χ0) is 17.5. The van der Waals surface area contributed by atoms with E-state index < -0.39 is 0 Å². The minimum atomic E-state index is -0.365. The number of thioether (sulfide) groups is 1. The lowest BCUT2D eigenvalue weighted by molar-refractivity contribution is -0.113. The number of halogens is 2. The summed E-state index contributed by atoms with van der Waals surface area (Å²) in [6, 6.07) is 9.64. The quantitative estimate of drug-likeness (QED) is 0.787. The monoisotopic (exact) mass is 369 g/mol. The van der Waals surface area contributed by atoms with Crippen LogP contribution < -0.4 is 14.8 Å². The molecule has 0 unspecified atom stereocenters. The summed E-state index contributed by atoms with van der Waals surface area (Å²) in [5.74, 6) is 1.05. The van der Waals surface area contributed by atoms with Crippen LogP contribution in [0.15, 0.2) is 36.4 Å². The third kappa shape index (κ3) is 4.79. The number of hydrogen-bond acceptors (Lipinski definition) is 4. The highest BCUT2D eigenvalue weighted by atomic mass is 35.5. The number of carbonyl (C=O) groups is 1. The van der Waals surface area contributed by atoms with Gasteiger partial charge in [0.2, 0.25) is 5.91 Å². The summed E-state index contributed by atoms with van der Waals surface area (Å²) < 4.78 is 24.0. The molecule has 128 valence electrons. The summed E-state index contributed by atoms with van der Waals surface area (Å²) in [5.41, 5.74) is 1.00. The van der Waals surface area contributed by atoms with Gasteiger partial charge in [0.25, 0.3) is 0 Å². The smallest absolute Gasteiger partial charge is 0.234 e. The summed E-state index contributed by atoms with van der Waals surface area (Å²) >= 11 is 7.24. The zero-order valence-electron chi connectivity index (χ0n) is 13.3. The number of hydrogen-bond donors (Lipinski definition) is 1. The van der Waals surface area contributed by atoms with E-state index in [4.69, 9.17) is 21.1 Å². The molecule has 0 saturated heterocycles. The molecule has 7 heteroatoms.